The molecule has 1 atom stereocenters. The minimum Gasteiger partial charge on any atom is -0.336 e. The summed E-state index contributed by atoms with van der Waals surface area (Å²) in [4.78, 5) is 15.5. The van der Waals surface area contributed by atoms with E-state index in [1.165, 1.54) is 0 Å². The van der Waals surface area contributed by atoms with Crippen LogP contribution in [0.25, 0.3) is 0 Å². The average Bonchev–Trinajstić information content (AvgIpc) is 2.40. The fraction of sp³-hybridized carbons (Fsp3) is 0.500. The number of carbonyl (C=O) groups is 1. The van der Waals surface area contributed by atoms with E-state index in [-0.39, 0.29) is 5.91 Å². The van der Waals surface area contributed by atoms with E-state index in [1.54, 1.807) is 17.8 Å². The summed E-state index contributed by atoms with van der Waals surface area (Å²) in [7, 11) is 0. The molecule has 1 aromatic rings. The predicted octanol–water partition coefficient (Wildman–Crippen LogP) is 2.89. The molecular weight excluding hydrogens is 280 g/mol. The molecule has 0 radical (unpaired) electrons. The smallest absolute Gasteiger partial charge is 0.255 e. The second-order valence-corrected chi connectivity index (χ2v) is 6.42. The quantitative estimate of drug-likeness (QED) is 0.871. The molecule has 1 amide bonds. The first-order valence-electron chi connectivity index (χ1n) is 6.56. The number of piperazine rings is 1. The van der Waals surface area contributed by atoms with Crippen molar-refractivity contribution >= 4 is 29.3 Å². The van der Waals surface area contributed by atoms with Crippen LogP contribution in [0.5, 0.6) is 0 Å². The Morgan fingerprint density at radius 2 is 2.37 bits per heavy atom. The Balaban J connectivity index is 2.24. The lowest BCUT2D eigenvalue weighted by Gasteiger charge is -2.32. The molecule has 1 aromatic carbocycles. The van der Waals surface area contributed by atoms with Gasteiger partial charge in [0.1, 0.15) is 0 Å². The highest BCUT2D eigenvalue weighted by Gasteiger charge is 2.23. The van der Waals surface area contributed by atoms with Crippen molar-refractivity contribution in [1.82, 2.24) is 10.2 Å². The van der Waals surface area contributed by atoms with Crippen molar-refractivity contribution in [3.8, 4) is 0 Å². The molecule has 104 valence electrons. The van der Waals surface area contributed by atoms with E-state index in [0.29, 0.717) is 11.1 Å². The number of rotatable bonds is 3. The Morgan fingerprint density at radius 1 is 1.58 bits per heavy atom. The van der Waals surface area contributed by atoms with E-state index in [2.05, 4.69) is 19.2 Å². The van der Waals surface area contributed by atoms with E-state index >= 15 is 0 Å². The van der Waals surface area contributed by atoms with Crippen molar-refractivity contribution in [2.45, 2.75) is 24.8 Å². The van der Waals surface area contributed by atoms with Crippen molar-refractivity contribution in [3.63, 3.8) is 0 Å². The molecule has 0 spiro atoms. The molecule has 0 aliphatic carbocycles. The molecule has 1 saturated heterocycles. The van der Waals surface area contributed by atoms with Crippen LogP contribution < -0.4 is 5.32 Å². The summed E-state index contributed by atoms with van der Waals surface area (Å²) in [6.07, 6.45) is 0. The lowest BCUT2D eigenvalue weighted by atomic mass is 10.1. The number of hydrogen-bond donors (Lipinski definition) is 1. The minimum absolute atomic E-state index is 0.0896. The van der Waals surface area contributed by atoms with Crippen LogP contribution in [0.2, 0.25) is 5.02 Å². The van der Waals surface area contributed by atoms with Gasteiger partial charge < -0.3 is 10.2 Å². The van der Waals surface area contributed by atoms with Crippen LogP contribution in [0.1, 0.15) is 24.2 Å². The summed E-state index contributed by atoms with van der Waals surface area (Å²) in [5.74, 6) is 1.03. The van der Waals surface area contributed by atoms with Crippen LogP contribution >= 0.6 is 23.4 Å². The summed E-state index contributed by atoms with van der Waals surface area (Å²) < 4.78 is 0. The van der Waals surface area contributed by atoms with Crippen LogP contribution in [0.15, 0.2) is 23.1 Å². The standard InChI is InChI=1S/C14H19ClN2OS/c1-3-19-13-5-4-11(15)8-12(13)14(18)17-7-6-16-10(2)9-17/h4-5,8,10,16H,3,6-7,9H2,1-2H3. The number of benzene rings is 1. The van der Waals surface area contributed by atoms with Crippen LogP contribution in [0.4, 0.5) is 0 Å². The molecule has 0 aromatic heterocycles. The van der Waals surface area contributed by atoms with Crippen molar-refractivity contribution in [3.05, 3.63) is 28.8 Å². The van der Waals surface area contributed by atoms with Gasteiger partial charge >= 0.3 is 0 Å². The topological polar surface area (TPSA) is 32.3 Å². The molecule has 0 saturated carbocycles. The molecule has 1 heterocycles. The third-order valence-electron chi connectivity index (χ3n) is 3.13. The van der Waals surface area contributed by atoms with Crippen LogP contribution in [0.3, 0.4) is 0 Å². The Kier molecular flexibility index (Phi) is 5.13. The zero-order valence-electron chi connectivity index (χ0n) is 11.3. The first-order chi connectivity index (χ1) is 9.11. The SMILES string of the molecule is CCSc1ccc(Cl)cc1C(=O)N1CCNC(C)C1. The first kappa shape index (κ1) is 14.7. The summed E-state index contributed by atoms with van der Waals surface area (Å²) in [6.45, 7) is 6.54. The van der Waals surface area contributed by atoms with Crippen molar-refractivity contribution in [2.75, 3.05) is 25.4 Å². The van der Waals surface area contributed by atoms with Crippen LogP contribution in [-0.4, -0.2) is 42.2 Å². The van der Waals surface area contributed by atoms with Crippen molar-refractivity contribution in [2.24, 2.45) is 0 Å². The normalized spacial score (nSPS) is 19.5. The molecule has 1 aliphatic rings. The van der Waals surface area contributed by atoms with E-state index < -0.39 is 0 Å². The Morgan fingerprint density at radius 3 is 3.05 bits per heavy atom. The van der Waals surface area contributed by atoms with E-state index in [4.69, 9.17) is 11.6 Å². The van der Waals surface area contributed by atoms with Gasteiger partial charge in [-0.25, -0.2) is 0 Å². The number of hydrogen-bond acceptors (Lipinski definition) is 3. The first-order valence-corrected chi connectivity index (χ1v) is 7.93. The summed E-state index contributed by atoms with van der Waals surface area (Å²) in [5, 5.41) is 3.96. The van der Waals surface area contributed by atoms with Crippen molar-refractivity contribution < 1.29 is 4.79 Å². The molecule has 5 heteroatoms. The Bertz CT molecular complexity index is 467. The van der Waals surface area contributed by atoms with E-state index in [0.717, 1.165) is 35.8 Å². The van der Waals surface area contributed by atoms with Crippen LogP contribution in [0, 0.1) is 0 Å². The van der Waals surface area contributed by atoms with Gasteiger partial charge in [-0.05, 0) is 30.9 Å². The number of nitrogens with zero attached hydrogens (tertiary/aromatic N) is 1. The van der Waals surface area contributed by atoms with Gasteiger partial charge in [0.25, 0.3) is 5.91 Å². The van der Waals surface area contributed by atoms with Gasteiger partial charge in [-0.1, -0.05) is 18.5 Å². The lowest BCUT2D eigenvalue weighted by molar-refractivity contribution is 0.0705. The monoisotopic (exact) mass is 298 g/mol. The highest BCUT2D eigenvalue weighted by molar-refractivity contribution is 7.99. The maximum absolute atomic E-state index is 12.6. The highest BCUT2D eigenvalue weighted by Crippen LogP contribution is 2.27. The molecule has 3 nitrogen and oxygen atoms in total. The van der Waals surface area contributed by atoms with Gasteiger partial charge in [0.2, 0.25) is 0 Å². The maximum atomic E-state index is 12.6. The second kappa shape index (κ2) is 6.64. The second-order valence-electron chi connectivity index (χ2n) is 4.68. The zero-order chi connectivity index (χ0) is 13.8. The number of nitrogens with one attached hydrogen (secondary N) is 1. The van der Waals surface area contributed by atoms with E-state index in [9.17, 15) is 4.79 Å². The molecule has 1 aliphatic heterocycles. The fourth-order valence-electron chi connectivity index (χ4n) is 2.24. The lowest BCUT2D eigenvalue weighted by Crippen LogP contribution is -2.51. The molecule has 2 rings (SSSR count). The molecule has 1 N–H and O–H groups in total. The average molecular weight is 299 g/mol. The van der Waals surface area contributed by atoms with E-state index in [1.807, 2.05) is 17.0 Å². The molecular formula is C14H19ClN2OS. The zero-order valence-corrected chi connectivity index (χ0v) is 12.9. The Labute approximate surface area is 123 Å². The molecule has 1 unspecified atom stereocenters. The van der Waals surface area contributed by atoms with Crippen molar-refractivity contribution in [1.29, 1.82) is 0 Å². The van der Waals surface area contributed by atoms with Gasteiger partial charge in [0, 0.05) is 35.6 Å². The van der Waals surface area contributed by atoms with Crippen LogP contribution in [-0.2, 0) is 0 Å². The third kappa shape index (κ3) is 3.65. The number of halogens is 1. The Hall–Kier alpha value is -0.710. The minimum atomic E-state index is 0.0896. The predicted molar refractivity (Wildman–Crippen MR) is 81.2 cm³/mol. The number of carbonyl (C=O) groups excluding carboxylic acids is 1. The number of amides is 1. The summed E-state index contributed by atoms with van der Waals surface area (Å²) >= 11 is 7.72. The third-order valence-corrected chi connectivity index (χ3v) is 4.32. The number of thioether (sulfide) groups is 1. The largest absolute Gasteiger partial charge is 0.336 e. The fourth-order valence-corrected chi connectivity index (χ4v) is 3.19. The highest BCUT2D eigenvalue weighted by atomic mass is 35.5. The van der Waals surface area contributed by atoms with Gasteiger partial charge in [0.15, 0.2) is 0 Å². The molecule has 0 bridgehead atoms. The van der Waals surface area contributed by atoms with Gasteiger partial charge in [-0.2, -0.15) is 0 Å². The summed E-state index contributed by atoms with van der Waals surface area (Å²) in [6, 6.07) is 5.92. The maximum Gasteiger partial charge on any atom is 0.255 e. The van der Waals surface area contributed by atoms with Gasteiger partial charge in [-0.3, -0.25) is 4.79 Å². The molecule has 1 fully saturated rings. The van der Waals surface area contributed by atoms with Gasteiger partial charge in [-0.15, -0.1) is 11.8 Å². The summed E-state index contributed by atoms with van der Waals surface area (Å²) in [5.41, 5.74) is 0.730. The molecule has 19 heavy (non-hydrogen) atoms. The van der Waals surface area contributed by atoms with Gasteiger partial charge in [0.05, 0.1) is 5.56 Å².